The van der Waals surface area contributed by atoms with E-state index >= 15 is 0 Å². The number of hydrogen-bond donors (Lipinski definition) is 1. The van der Waals surface area contributed by atoms with Gasteiger partial charge >= 0.3 is 0 Å². The Hall–Kier alpha value is -2.62. The molecule has 2 heterocycles. The van der Waals surface area contributed by atoms with Gasteiger partial charge in [-0.15, -0.1) is 0 Å². The Kier molecular flexibility index (Phi) is 7.52. The molecule has 2 fully saturated rings. The van der Waals surface area contributed by atoms with Crippen molar-refractivity contribution in [2.75, 3.05) is 38.7 Å². The Balaban J connectivity index is 1.66. The van der Waals surface area contributed by atoms with Gasteiger partial charge in [0.2, 0.25) is 15.9 Å². The molecule has 8 nitrogen and oxygen atoms in total. The average molecular weight is 475 g/mol. The first kappa shape index (κ1) is 23.5. The molecule has 0 atom stereocenters. The third kappa shape index (κ3) is 5.48. The molecule has 0 unspecified atom stereocenters. The molecule has 2 aromatic rings. The number of carbonyl (C=O) groups is 1. The summed E-state index contributed by atoms with van der Waals surface area (Å²) >= 11 is 0. The summed E-state index contributed by atoms with van der Waals surface area (Å²) in [7, 11) is -2.12. The van der Waals surface area contributed by atoms with Gasteiger partial charge in [-0.2, -0.15) is 4.31 Å². The van der Waals surface area contributed by atoms with Crippen LogP contribution in [0.1, 0.15) is 32.1 Å². The Morgan fingerprint density at radius 2 is 1.70 bits per heavy atom. The van der Waals surface area contributed by atoms with Crippen LogP contribution in [0.4, 0.5) is 5.69 Å². The van der Waals surface area contributed by atoms with Gasteiger partial charge in [0.1, 0.15) is 0 Å². The van der Waals surface area contributed by atoms with Crippen LogP contribution < -0.4 is 14.8 Å². The number of hydrogen-bond acceptors (Lipinski definition) is 6. The summed E-state index contributed by atoms with van der Waals surface area (Å²) in [6.07, 6.45) is 3.98. The third-order valence-electron chi connectivity index (χ3n) is 6.04. The summed E-state index contributed by atoms with van der Waals surface area (Å²) in [4.78, 5) is 13.1. The monoisotopic (exact) mass is 474 g/mol. The lowest BCUT2D eigenvalue weighted by Gasteiger charge is -2.26. The summed E-state index contributed by atoms with van der Waals surface area (Å²) in [5.41, 5.74) is 0.315. The fourth-order valence-electron chi connectivity index (χ4n) is 4.13. The normalized spacial score (nSPS) is 18.0. The van der Waals surface area contributed by atoms with E-state index in [0.29, 0.717) is 62.1 Å². The van der Waals surface area contributed by atoms with E-state index in [1.165, 1.54) is 16.4 Å². The summed E-state index contributed by atoms with van der Waals surface area (Å²) < 4.78 is 44.8. The molecule has 2 aliphatic heterocycles. The van der Waals surface area contributed by atoms with Gasteiger partial charge in [0, 0.05) is 32.2 Å². The topological polar surface area (TPSA) is 94.2 Å². The highest BCUT2D eigenvalue weighted by atomic mass is 32.2. The van der Waals surface area contributed by atoms with Crippen LogP contribution in [0.2, 0.25) is 0 Å². The number of ether oxygens (including phenoxy) is 3. The molecule has 1 N–H and O–H groups in total. The molecule has 4 rings (SSSR count). The third-order valence-corrected chi connectivity index (χ3v) is 7.94. The second-order valence-electron chi connectivity index (χ2n) is 8.25. The maximum absolute atomic E-state index is 13.2. The highest BCUT2D eigenvalue weighted by Gasteiger charge is 2.28. The standard InChI is InChI=1S/C24H30N2O6S/c1-30-22-7-3-4-8-23(22)32-21-10-9-19(33(28,29)26-13-5-2-6-14-26)17-20(21)25-24(27)18-11-15-31-16-12-18/h3-4,7-10,17-18H,2,5-6,11-16H2,1H3,(H,25,27). The molecule has 2 saturated heterocycles. The van der Waals surface area contributed by atoms with Crippen LogP contribution in [-0.2, 0) is 19.6 Å². The van der Waals surface area contributed by atoms with E-state index in [4.69, 9.17) is 14.2 Å². The largest absolute Gasteiger partial charge is 0.493 e. The van der Waals surface area contributed by atoms with E-state index in [0.717, 1.165) is 19.3 Å². The van der Waals surface area contributed by atoms with E-state index in [1.54, 1.807) is 25.3 Å². The van der Waals surface area contributed by atoms with E-state index in [1.807, 2.05) is 12.1 Å². The molecule has 0 aromatic heterocycles. The summed E-state index contributed by atoms with van der Waals surface area (Å²) in [6, 6.07) is 11.8. The highest BCUT2D eigenvalue weighted by Crippen LogP contribution is 2.37. The van der Waals surface area contributed by atoms with Gasteiger partial charge in [-0.1, -0.05) is 18.6 Å². The molecule has 1 amide bonds. The lowest BCUT2D eigenvalue weighted by atomic mass is 9.99. The van der Waals surface area contributed by atoms with Gasteiger partial charge in [-0.25, -0.2) is 8.42 Å². The van der Waals surface area contributed by atoms with Crippen LogP contribution >= 0.6 is 0 Å². The Morgan fingerprint density at radius 3 is 2.39 bits per heavy atom. The van der Waals surface area contributed by atoms with Crippen LogP contribution in [0.5, 0.6) is 17.2 Å². The van der Waals surface area contributed by atoms with Crippen LogP contribution in [0.3, 0.4) is 0 Å². The molecule has 0 saturated carbocycles. The van der Waals surface area contributed by atoms with Crippen molar-refractivity contribution < 1.29 is 27.4 Å². The Morgan fingerprint density at radius 1 is 1.00 bits per heavy atom. The molecule has 0 radical (unpaired) electrons. The predicted molar refractivity (Wildman–Crippen MR) is 124 cm³/mol. The van der Waals surface area contributed by atoms with Crippen molar-refractivity contribution in [3.05, 3.63) is 42.5 Å². The molecule has 2 aromatic carbocycles. The minimum Gasteiger partial charge on any atom is -0.493 e. The van der Waals surface area contributed by atoms with Crippen molar-refractivity contribution in [2.45, 2.75) is 37.0 Å². The smallest absolute Gasteiger partial charge is 0.243 e. The fourth-order valence-corrected chi connectivity index (χ4v) is 5.67. The summed E-state index contributed by atoms with van der Waals surface area (Å²) in [5.74, 6) is 0.978. The van der Waals surface area contributed by atoms with Gasteiger partial charge in [0.25, 0.3) is 0 Å². The van der Waals surface area contributed by atoms with Crippen molar-refractivity contribution in [1.82, 2.24) is 4.31 Å². The maximum Gasteiger partial charge on any atom is 0.243 e. The minimum absolute atomic E-state index is 0.138. The Labute approximate surface area is 194 Å². The van der Waals surface area contributed by atoms with Gasteiger partial charge < -0.3 is 19.5 Å². The number of para-hydroxylation sites is 2. The number of methoxy groups -OCH3 is 1. The van der Waals surface area contributed by atoms with Crippen molar-refractivity contribution in [3.8, 4) is 17.2 Å². The fraction of sp³-hybridized carbons (Fsp3) is 0.458. The lowest BCUT2D eigenvalue weighted by molar-refractivity contribution is -0.122. The number of benzene rings is 2. The number of amides is 1. The van der Waals surface area contributed by atoms with Crippen molar-refractivity contribution in [3.63, 3.8) is 0 Å². The Bertz CT molecular complexity index is 1080. The zero-order chi connectivity index (χ0) is 23.3. The number of nitrogens with one attached hydrogen (secondary N) is 1. The van der Waals surface area contributed by atoms with Crippen LogP contribution in [0.15, 0.2) is 47.4 Å². The first-order valence-corrected chi connectivity index (χ1v) is 12.8. The molecule has 33 heavy (non-hydrogen) atoms. The summed E-state index contributed by atoms with van der Waals surface area (Å²) in [6.45, 7) is 2.08. The van der Waals surface area contributed by atoms with E-state index in [2.05, 4.69) is 5.32 Å². The minimum atomic E-state index is -3.67. The number of carbonyl (C=O) groups excluding carboxylic acids is 1. The molecule has 0 bridgehead atoms. The number of nitrogens with zero attached hydrogens (tertiary/aromatic N) is 1. The zero-order valence-electron chi connectivity index (χ0n) is 18.8. The number of piperidine rings is 1. The molecular weight excluding hydrogens is 444 g/mol. The molecule has 0 spiro atoms. The molecule has 9 heteroatoms. The predicted octanol–water partition coefficient (Wildman–Crippen LogP) is 4.03. The quantitative estimate of drug-likeness (QED) is 0.651. The second kappa shape index (κ2) is 10.5. The first-order valence-electron chi connectivity index (χ1n) is 11.3. The van der Waals surface area contributed by atoms with Gasteiger partial charge in [-0.05, 0) is 56.0 Å². The molecular formula is C24H30N2O6S. The van der Waals surface area contributed by atoms with Gasteiger partial charge in [0.15, 0.2) is 17.2 Å². The first-order chi connectivity index (χ1) is 16.0. The molecule has 0 aliphatic carbocycles. The van der Waals surface area contributed by atoms with Crippen LogP contribution in [0, 0.1) is 5.92 Å². The highest BCUT2D eigenvalue weighted by molar-refractivity contribution is 7.89. The van der Waals surface area contributed by atoms with E-state index in [9.17, 15) is 13.2 Å². The molecule has 178 valence electrons. The van der Waals surface area contributed by atoms with E-state index in [-0.39, 0.29) is 16.7 Å². The van der Waals surface area contributed by atoms with E-state index < -0.39 is 10.0 Å². The van der Waals surface area contributed by atoms with Crippen LogP contribution in [-0.4, -0.2) is 52.0 Å². The van der Waals surface area contributed by atoms with Crippen LogP contribution in [0.25, 0.3) is 0 Å². The number of sulfonamides is 1. The number of anilines is 1. The maximum atomic E-state index is 13.2. The second-order valence-corrected chi connectivity index (χ2v) is 10.2. The summed E-state index contributed by atoms with van der Waals surface area (Å²) in [5, 5.41) is 2.91. The number of rotatable bonds is 7. The van der Waals surface area contributed by atoms with Crippen molar-refractivity contribution in [1.29, 1.82) is 0 Å². The SMILES string of the molecule is COc1ccccc1Oc1ccc(S(=O)(=O)N2CCCCC2)cc1NC(=O)C1CCOCC1. The van der Waals surface area contributed by atoms with Gasteiger partial charge in [0.05, 0.1) is 17.7 Å². The van der Waals surface area contributed by atoms with Crippen molar-refractivity contribution >= 4 is 21.6 Å². The molecule has 2 aliphatic rings. The average Bonchev–Trinajstić information content (AvgIpc) is 2.86. The van der Waals surface area contributed by atoms with Crippen molar-refractivity contribution in [2.24, 2.45) is 5.92 Å². The lowest BCUT2D eigenvalue weighted by Crippen LogP contribution is -2.35. The zero-order valence-corrected chi connectivity index (χ0v) is 19.6. The van der Waals surface area contributed by atoms with Gasteiger partial charge in [-0.3, -0.25) is 4.79 Å².